The lowest BCUT2D eigenvalue weighted by atomic mass is 9.74. The Hall–Kier alpha value is -0.860. The topological polar surface area (TPSA) is 18.5 Å². The molecule has 114 valence electrons. The predicted octanol–water partition coefficient (Wildman–Crippen LogP) is 4.75. The standard InChI is InChI=1S/C18H30O2/c1-16(2,3)13-11-10-12-14(17(4,5)19-8)15(13)18(6,7)20-9/h10-12H,1-9H3. The minimum absolute atomic E-state index is 0.0605. The number of methoxy groups -OCH3 is 2. The highest BCUT2D eigenvalue weighted by Gasteiger charge is 2.35. The van der Waals surface area contributed by atoms with Gasteiger partial charge in [-0.05, 0) is 49.8 Å². The molecule has 0 saturated carbocycles. The molecule has 0 unspecified atom stereocenters. The summed E-state index contributed by atoms with van der Waals surface area (Å²) in [6, 6.07) is 6.46. The van der Waals surface area contributed by atoms with E-state index in [1.807, 2.05) is 0 Å². The SMILES string of the molecule is COC(C)(C)c1cccc(C(C)(C)C)c1C(C)(C)OC. The van der Waals surface area contributed by atoms with Crippen LogP contribution in [-0.2, 0) is 26.1 Å². The number of hydrogen-bond donors (Lipinski definition) is 0. The van der Waals surface area contributed by atoms with Gasteiger partial charge in [0.1, 0.15) is 0 Å². The molecule has 1 aromatic carbocycles. The summed E-state index contributed by atoms with van der Waals surface area (Å²) < 4.78 is 11.5. The third-order valence-corrected chi connectivity index (χ3v) is 4.14. The third kappa shape index (κ3) is 3.24. The van der Waals surface area contributed by atoms with Crippen molar-refractivity contribution in [3.8, 4) is 0 Å². The number of rotatable bonds is 4. The van der Waals surface area contributed by atoms with Crippen LogP contribution in [0.2, 0.25) is 0 Å². The molecule has 0 aliphatic carbocycles. The second-order valence-electron chi connectivity index (χ2n) is 7.41. The minimum Gasteiger partial charge on any atom is -0.374 e. The molecule has 0 atom stereocenters. The number of hydrogen-bond acceptors (Lipinski definition) is 2. The molecule has 0 aromatic heterocycles. The van der Waals surface area contributed by atoms with Crippen molar-refractivity contribution in [1.29, 1.82) is 0 Å². The molecule has 0 amide bonds. The van der Waals surface area contributed by atoms with Crippen LogP contribution in [0.3, 0.4) is 0 Å². The van der Waals surface area contributed by atoms with E-state index in [9.17, 15) is 0 Å². The highest BCUT2D eigenvalue weighted by molar-refractivity contribution is 5.45. The lowest BCUT2D eigenvalue weighted by Gasteiger charge is -2.37. The van der Waals surface area contributed by atoms with Crippen LogP contribution in [0.15, 0.2) is 18.2 Å². The number of ether oxygens (including phenoxy) is 2. The van der Waals surface area contributed by atoms with E-state index in [0.29, 0.717) is 0 Å². The summed E-state index contributed by atoms with van der Waals surface area (Å²) in [7, 11) is 3.52. The van der Waals surface area contributed by atoms with Gasteiger partial charge in [0.2, 0.25) is 0 Å². The summed E-state index contributed by atoms with van der Waals surface area (Å²) >= 11 is 0. The van der Waals surface area contributed by atoms with E-state index < -0.39 is 0 Å². The molecule has 0 radical (unpaired) electrons. The Morgan fingerprint density at radius 2 is 1.15 bits per heavy atom. The molecule has 2 heteroatoms. The maximum atomic E-state index is 5.78. The van der Waals surface area contributed by atoms with Gasteiger partial charge in [-0.1, -0.05) is 39.0 Å². The van der Waals surface area contributed by atoms with Gasteiger partial charge < -0.3 is 9.47 Å². The van der Waals surface area contributed by atoms with E-state index in [1.165, 1.54) is 16.7 Å². The Bertz CT molecular complexity index is 465. The molecule has 0 saturated heterocycles. The van der Waals surface area contributed by atoms with Crippen LogP contribution in [-0.4, -0.2) is 14.2 Å². The Balaban J connectivity index is 3.71. The molecule has 0 aliphatic rings. The largest absolute Gasteiger partial charge is 0.374 e. The average Bonchev–Trinajstić information content (AvgIpc) is 2.36. The lowest BCUT2D eigenvalue weighted by Crippen LogP contribution is -2.32. The first-order valence-electron chi connectivity index (χ1n) is 7.22. The van der Waals surface area contributed by atoms with E-state index in [2.05, 4.69) is 66.7 Å². The van der Waals surface area contributed by atoms with Crippen molar-refractivity contribution in [3.05, 3.63) is 34.9 Å². The fourth-order valence-corrected chi connectivity index (χ4v) is 2.54. The van der Waals surface area contributed by atoms with Crippen molar-refractivity contribution in [2.45, 2.75) is 65.1 Å². The Morgan fingerprint density at radius 1 is 0.700 bits per heavy atom. The van der Waals surface area contributed by atoms with Crippen LogP contribution in [0.4, 0.5) is 0 Å². The average molecular weight is 278 g/mol. The van der Waals surface area contributed by atoms with Gasteiger partial charge in [-0.15, -0.1) is 0 Å². The summed E-state index contributed by atoms with van der Waals surface area (Å²) in [6.07, 6.45) is 0. The predicted molar refractivity (Wildman–Crippen MR) is 85.2 cm³/mol. The van der Waals surface area contributed by atoms with Gasteiger partial charge in [-0.25, -0.2) is 0 Å². The third-order valence-electron chi connectivity index (χ3n) is 4.14. The quantitative estimate of drug-likeness (QED) is 0.791. The molecule has 1 rings (SSSR count). The zero-order valence-electron chi connectivity index (χ0n) is 14.5. The second-order valence-corrected chi connectivity index (χ2v) is 7.41. The monoisotopic (exact) mass is 278 g/mol. The molecule has 0 fully saturated rings. The fourth-order valence-electron chi connectivity index (χ4n) is 2.54. The Kier molecular flexibility index (Phi) is 4.72. The van der Waals surface area contributed by atoms with Crippen molar-refractivity contribution in [2.75, 3.05) is 14.2 Å². The van der Waals surface area contributed by atoms with E-state index in [0.717, 1.165) is 0 Å². The van der Waals surface area contributed by atoms with E-state index >= 15 is 0 Å². The van der Waals surface area contributed by atoms with Crippen molar-refractivity contribution < 1.29 is 9.47 Å². The van der Waals surface area contributed by atoms with Crippen LogP contribution in [0.5, 0.6) is 0 Å². The first-order chi connectivity index (χ1) is 8.97. The summed E-state index contributed by atoms with van der Waals surface area (Å²) in [5.74, 6) is 0. The lowest BCUT2D eigenvalue weighted by molar-refractivity contribution is -0.00360. The summed E-state index contributed by atoms with van der Waals surface area (Å²) in [6.45, 7) is 15.1. The van der Waals surface area contributed by atoms with Gasteiger partial charge in [0.05, 0.1) is 11.2 Å². The van der Waals surface area contributed by atoms with Gasteiger partial charge in [0.25, 0.3) is 0 Å². The molecular weight excluding hydrogens is 248 g/mol. The van der Waals surface area contributed by atoms with Crippen molar-refractivity contribution >= 4 is 0 Å². The van der Waals surface area contributed by atoms with E-state index in [4.69, 9.17) is 9.47 Å². The van der Waals surface area contributed by atoms with Gasteiger partial charge in [-0.3, -0.25) is 0 Å². The Morgan fingerprint density at radius 3 is 1.55 bits per heavy atom. The maximum absolute atomic E-state index is 5.78. The van der Waals surface area contributed by atoms with E-state index in [-0.39, 0.29) is 16.6 Å². The van der Waals surface area contributed by atoms with Crippen LogP contribution in [0.1, 0.15) is 65.2 Å². The van der Waals surface area contributed by atoms with Crippen LogP contribution in [0, 0.1) is 0 Å². The van der Waals surface area contributed by atoms with Crippen molar-refractivity contribution in [1.82, 2.24) is 0 Å². The zero-order valence-corrected chi connectivity index (χ0v) is 14.5. The maximum Gasteiger partial charge on any atom is 0.0878 e. The minimum atomic E-state index is -0.352. The zero-order chi connectivity index (χ0) is 15.8. The highest BCUT2D eigenvalue weighted by Crippen LogP contribution is 2.41. The molecular formula is C18H30O2. The van der Waals surface area contributed by atoms with Gasteiger partial charge >= 0.3 is 0 Å². The normalized spacial score (nSPS) is 13.7. The smallest absolute Gasteiger partial charge is 0.0878 e. The molecule has 20 heavy (non-hydrogen) atoms. The molecule has 0 N–H and O–H groups in total. The first-order valence-corrected chi connectivity index (χ1v) is 7.22. The molecule has 1 aromatic rings. The molecule has 0 spiro atoms. The molecule has 0 aliphatic heterocycles. The van der Waals surface area contributed by atoms with E-state index in [1.54, 1.807) is 14.2 Å². The van der Waals surface area contributed by atoms with Crippen LogP contribution >= 0.6 is 0 Å². The second kappa shape index (κ2) is 5.50. The first kappa shape index (κ1) is 17.2. The summed E-state index contributed by atoms with van der Waals surface area (Å²) in [4.78, 5) is 0. The van der Waals surface area contributed by atoms with Crippen molar-refractivity contribution in [2.24, 2.45) is 0 Å². The summed E-state index contributed by atoms with van der Waals surface area (Å²) in [5.41, 5.74) is 3.11. The van der Waals surface area contributed by atoms with Crippen LogP contribution in [0.25, 0.3) is 0 Å². The van der Waals surface area contributed by atoms with Gasteiger partial charge in [0.15, 0.2) is 0 Å². The molecule has 0 bridgehead atoms. The fraction of sp³-hybridized carbons (Fsp3) is 0.667. The van der Waals surface area contributed by atoms with Crippen LogP contribution < -0.4 is 0 Å². The number of benzene rings is 1. The molecule has 2 nitrogen and oxygen atoms in total. The van der Waals surface area contributed by atoms with Crippen molar-refractivity contribution in [3.63, 3.8) is 0 Å². The summed E-state index contributed by atoms with van der Waals surface area (Å²) in [5, 5.41) is 0. The van der Waals surface area contributed by atoms with Gasteiger partial charge in [0, 0.05) is 14.2 Å². The Labute approximate surface area is 124 Å². The molecule has 0 heterocycles. The highest BCUT2D eigenvalue weighted by atomic mass is 16.5. The van der Waals surface area contributed by atoms with Gasteiger partial charge in [-0.2, -0.15) is 0 Å².